The van der Waals surface area contributed by atoms with Gasteiger partial charge in [0, 0.05) is 6.04 Å². The van der Waals surface area contributed by atoms with Crippen molar-refractivity contribution in [3.05, 3.63) is 35.9 Å². The Hall–Kier alpha value is -1.39. The molecular formula is C14H22N2O2. The first-order valence-electron chi connectivity index (χ1n) is 6.28. The topological polar surface area (TPSA) is 89.3 Å². The van der Waals surface area contributed by atoms with Crippen molar-refractivity contribution in [1.29, 1.82) is 0 Å². The van der Waals surface area contributed by atoms with Gasteiger partial charge in [0.05, 0.1) is 0 Å². The second kappa shape index (κ2) is 7.13. The molecule has 4 nitrogen and oxygen atoms in total. The molecule has 0 radical (unpaired) electrons. The lowest BCUT2D eigenvalue weighted by atomic mass is 9.92. The summed E-state index contributed by atoms with van der Waals surface area (Å²) in [6.45, 7) is 2.08. The number of aliphatic carboxylic acids is 1. The van der Waals surface area contributed by atoms with Gasteiger partial charge in [-0.25, -0.2) is 0 Å². The summed E-state index contributed by atoms with van der Waals surface area (Å²) >= 11 is 0. The maximum Gasteiger partial charge on any atom is 0.322 e. The van der Waals surface area contributed by atoms with Crippen LogP contribution in [-0.2, 0) is 11.2 Å². The quantitative estimate of drug-likeness (QED) is 0.682. The van der Waals surface area contributed by atoms with E-state index in [2.05, 4.69) is 19.1 Å². The Balaban J connectivity index is 2.33. The van der Waals surface area contributed by atoms with E-state index in [4.69, 9.17) is 16.6 Å². The predicted molar refractivity (Wildman–Crippen MR) is 72.1 cm³/mol. The molecule has 1 unspecified atom stereocenters. The molecule has 0 aliphatic carbocycles. The SMILES string of the molecule is C[C@@H](CCc1ccccc1)C[C@H](N)C(N)C(=O)O. The number of aryl methyl sites for hydroxylation is 1. The Labute approximate surface area is 108 Å². The van der Waals surface area contributed by atoms with Crippen LogP contribution in [0.15, 0.2) is 30.3 Å². The average molecular weight is 250 g/mol. The molecule has 0 amide bonds. The molecule has 100 valence electrons. The van der Waals surface area contributed by atoms with Crippen molar-refractivity contribution in [2.45, 2.75) is 38.3 Å². The van der Waals surface area contributed by atoms with Gasteiger partial charge in [-0.15, -0.1) is 0 Å². The highest BCUT2D eigenvalue weighted by Crippen LogP contribution is 2.15. The molecule has 5 N–H and O–H groups in total. The van der Waals surface area contributed by atoms with E-state index < -0.39 is 18.1 Å². The highest BCUT2D eigenvalue weighted by molar-refractivity contribution is 5.74. The molecule has 18 heavy (non-hydrogen) atoms. The van der Waals surface area contributed by atoms with Crippen molar-refractivity contribution in [3.63, 3.8) is 0 Å². The molecule has 0 spiro atoms. The summed E-state index contributed by atoms with van der Waals surface area (Å²) in [6.07, 6.45) is 2.61. The minimum Gasteiger partial charge on any atom is -0.480 e. The van der Waals surface area contributed by atoms with E-state index in [1.54, 1.807) is 0 Å². The van der Waals surface area contributed by atoms with Crippen LogP contribution in [0, 0.1) is 5.92 Å². The zero-order valence-corrected chi connectivity index (χ0v) is 10.8. The van der Waals surface area contributed by atoms with Crippen LogP contribution in [0.3, 0.4) is 0 Å². The minimum atomic E-state index is -1.03. The van der Waals surface area contributed by atoms with Gasteiger partial charge in [-0.2, -0.15) is 0 Å². The van der Waals surface area contributed by atoms with E-state index >= 15 is 0 Å². The summed E-state index contributed by atoms with van der Waals surface area (Å²) in [5.74, 6) is -0.664. The Morgan fingerprint density at radius 1 is 1.28 bits per heavy atom. The van der Waals surface area contributed by atoms with Crippen LogP contribution in [-0.4, -0.2) is 23.2 Å². The molecule has 4 heteroatoms. The Bertz CT molecular complexity index is 367. The predicted octanol–water partition coefficient (Wildman–Crippen LogP) is 1.38. The number of carboxylic acid groups (broad SMARTS) is 1. The maximum atomic E-state index is 10.7. The minimum absolute atomic E-state index is 0.366. The first-order valence-corrected chi connectivity index (χ1v) is 6.28. The van der Waals surface area contributed by atoms with Crippen LogP contribution >= 0.6 is 0 Å². The lowest BCUT2D eigenvalue weighted by Gasteiger charge is -2.20. The number of hydrogen-bond donors (Lipinski definition) is 3. The van der Waals surface area contributed by atoms with E-state index in [0.29, 0.717) is 12.3 Å². The molecule has 0 bridgehead atoms. The third kappa shape index (κ3) is 4.85. The first-order chi connectivity index (χ1) is 8.50. The molecule has 0 aromatic heterocycles. The summed E-state index contributed by atoms with van der Waals surface area (Å²) in [4.78, 5) is 10.7. The molecule has 0 heterocycles. The smallest absolute Gasteiger partial charge is 0.322 e. The van der Waals surface area contributed by atoms with E-state index in [1.165, 1.54) is 5.56 Å². The lowest BCUT2D eigenvalue weighted by Crippen LogP contribution is -2.47. The standard InChI is InChI=1S/C14H22N2O2/c1-10(9-12(15)13(16)14(17)18)7-8-11-5-3-2-4-6-11/h2-6,10,12-13H,7-9,15-16H2,1H3,(H,17,18)/t10-,12-,13?/m0/s1. The number of carbonyl (C=O) groups is 1. The van der Waals surface area contributed by atoms with Crippen LogP contribution < -0.4 is 11.5 Å². The van der Waals surface area contributed by atoms with Gasteiger partial charge in [-0.05, 0) is 30.7 Å². The van der Waals surface area contributed by atoms with Gasteiger partial charge in [0.2, 0.25) is 0 Å². The van der Waals surface area contributed by atoms with Gasteiger partial charge in [0.25, 0.3) is 0 Å². The van der Waals surface area contributed by atoms with Crippen LogP contribution in [0.2, 0.25) is 0 Å². The summed E-state index contributed by atoms with van der Waals surface area (Å²) < 4.78 is 0. The van der Waals surface area contributed by atoms with Gasteiger partial charge < -0.3 is 16.6 Å². The van der Waals surface area contributed by atoms with Gasteiger partial charge in [-0.3, -0.25) is 4.79 Å². The highest BCUT2D eigenvalue weighted by atomic mass is 16.4. The zero-order valence-electron chi connectivity index (χ0n) is 10.8. The first kappa shape index (κ1) is 14.7. The lowest BCUT2D eigenvalue weighted by molar-refractivity contribution is -0.139. The van der Waals surface area contributed by atoms with E-state index in [-0.39, 0.29) is 0 Å². The fourth-order valence-corrected chi connectivity index (χ4v) is 1.97. The molecule has 1 aromatic carbocycles. The molecule has 0 saturated heterocycles. The monoisotopic (exact) mass is 250 g/mol. The third-order valence-corrected chi connectivity index (χ3v) is 3.19. The Morgan fingerprint density at radius 3 is 2.44 bits per heavy atom. The van der Waals surface area contributed by atoms with E-state index in [1.807, 2.05) is 18.2 Å². The summed E-state index contributed by atoms with van der Waals surface area (Å²) in [5, 5.41) is 8.77. The second-order valence-electron chi connectivity index (χ2n) is 4.89. The van der Waals surface area contributed by atoms with Gasteiger partial charge >= 0.3 is 5.97 Å². The number of hydrogen-bond acceptors (Lipinski definition) is 3. The molecule has 1 aromatic rings. The summed E-state index contributed by atoms with van der Waals surface area (Å²) in [5.41, 5.74) is 12.6. The molecule has 3 atom stereocenters. The molecule has 1 rings (SSSR count). The number of rotatable bonds is 7. The van der Waals surface area contributed by atoms with Crippen molar-refractivity contribution >= 4 is 5.97 Å². The van der Waals surface area contributed by atoms with Crippen molar-refractivity contribution in [2.24, 2.45) is 17.4 Å². The Kier molecular flexibility index (Phi) is 5.82. The van der Waals surface area contributed by atoms with Crippen LogP contribution in [0.25, 0.3) is 0 Å². The number of benzene rings is 1. The van der Waals surface area contributed by atoms with Gasteiger partial charge in [0.15, 0.2) is 0 Å². The maximum absolute atomic E-state index is 10.7. The largest absolute Gasteiger partial charge is 0.480 e. The third-order valence-electron chi connectivity index (χ3n) is 3.19. The highest BCUT2D eigenvalue weighted by Gasteiger charge is 2.22. The van der Waals surface area contributed by atoms with E-state index in [0.717, 1.165) is 12.8 Å². The molecule has 0 fully saturated rings. The summed E-state index contributed by atoms with van der Waals surface area (Å²) in [7, 11) is 0. The number of nitrogens with two attached hydrogens (primary N) is 2. The van der Waals surface area contributed by atoms with Crippen LogP contribution in [0.5, 0.6) is 0 Å². The average Bonchev–Trinajstić information content (AvgIpc) is 2.36. The zero-order chi connectivity index (χ0) is 13.5. The van der Waals surface area contributed by atoms with Gasteiger partial charge in [0.1, 0.15) is 6.04 Å². The van der Waals surface area contributed by atoms with Crippen molar-refractivity contribution in [3.8, 4) is 0 Å². The van der Waals surface area contributed by atoms with Crippen molar-refractivity contribution in [1.82, 2.24) is 0 Å². The van der Waals surface area contributed by atoms with Gasteiger partial charge in [-0.1, -0.05) is 37.3 Å². The van der Waals surface area contributed by atoms with E-state index in [9.17, 15) is 4.79 Å². The number of carboxylic acids is 1. The van der Waals surface area contributed by atoms with Crippen molar-refractivity contribution < 1.29 is 9.90 Å². The molecule has 0 saturated carbocycles. The molecule has 0 aliphatic rings. The Morgan fingerprint density at radius 2 is 1.89 bits per heavy atom. The fourth-order valence-electron chi connectivity index (χ4n) is 1.97. The fraction of sp³-hybridized carbons (Fsp3) is 0.500. The van der Waals surface area contributed by atoms with Crippen LogP contribution in [0.1, 0.15) is 25.3 Å². The molecule has 0 aliphatic heterocycles. The van der Waals surface area contributed by atoms with Crippen molar-refractivity contribution in [2.75, 3.05) is 0 Å². The second-order valence-corrected chi connectivity index (χ2v) is 4.89. The molecular weight excluding hydrogens is 228 g/mol. The summed E-state index contributed by atoms with van der Waals surface area (Å²) in [6, 6.07) is 8.77. The van der Waals surface area contributed by atoms with Crippen LogP contribution in [0.4, 0.5) is 0 Å². The normalized spacial score (nSPS) is 15.9.